The molecule has 32 heavy (non-hydrogen) atoms. The first-order valence-corrected chi connectivity index (χ1v) is 10.3. The van der Waals surface area contributed by atoms with Gasteiger partial charge in [0.25, 0.3) is 5.91 Å². The molecular formula is C21H19ClF3N5O2. The molecule has 0 N–H and O–H groups in total. The number of rotatable bonds is 7. The van der Waals surface area contributed by atoms with Crippen LogP contribution < -0.4 is 4.74 Å². The molecule has 1 saturated carbocycles. The molecule has 11 heteroatoms. The largest absolute Gasteiger partial charge is 0.573 e. The summed E-state index contributed by atoms with van der Waals surface area (Å²) in [4.78, 5) is 23.6. The van der Waals surface area contributed by atoms with Crippen molar-refractivity contribution < 1.29 is 22.7 Å². The first-order chi connectivity index (χ1) is 15.2. The van der Waals surface area contributed by atoms with Crippen molar-refractivity contribution in [2.24, 2.45) is 5.92 Å². The lowest BCUT2D eigenvalue weighted by atomic mass is 10.1. The number of carbonyl (C=O) groups is 1. The van der Waals surface area contributed by atoms with Crippen LogP contribution in [-0.2, 0) is 0 Å². The van der Waals surface area contributed by atoms with Crippen LogP contribution in [0.2, 0.25) is 5.02 Å². The van der Waals surface area contributed by atoms with Gasteiger partial charge in [0.05, 0.1) is 6.04 Å². The second kappa shape index (κ2) is 8.78. The topological polar surface area (TPSA) is 73.1 Å². The van der Waals surface area contributed by atoms with Gasteiger partial charge in [0.15, 0.2) is 11.6 Å². The molecule has 0 aliphatic heterocycles. The summed E-state index contributed by atoms with van der Waals surface area (Å²) in [5.74, 6) is 0.303. The Morgan fingerprint density at radius 3 is 2.72 bits per heavy atom. The summed E-state index contributed by atoms with van der Waals surface area (Å²) in [5, 5.41) is 4.19. The second-order valence-electron chi connectivity index (χ2n) is 7.52. The number of aromatic nitrogens is 4. The maximum atomic E-state index is 13.4. The minimum Gasteiger partial charge on any atom is -0.406 e. The number of nitrogens with zero attached hydrogens (tertiary/aromatic N) is 5. The molecule has 1 amide bonds. The summed E-state index contributed by atoms with van der Waals surface area (Å²) >= 11 is 5.98. The van der Waals surface area contributed by atoms with Gasteiger partial charge in [-0.05, 0) is 56.0 Å². The van der Waals surface area contributed by atoms with Gasteiger partial charge in [-0.3, -0.25) is 4.79 Å². The molecule has 168 valence electrons. The second-order valence-corrected chi connectivity index (χ2v) is 7.95. The van der Waals surface area contributed by atoms with Crippen LogP contribution in [0.4, 0.5) is 13.2 Å². The Bertz CT molecular complexity index is 1100. The standard InChI is InChI=1S/C21H19ClF3N5O2/c1-13(19-27-12-28-30(19)18-4-2-3-7-26-18)29(11-14-5-6-14)20(31)15-8-16(22)10-17(9-15)32-21(23,24)25/h2-4,7-10,12-14H,5-6,11H2,1H3. The summed E-state index contributed by atoms with van der Waals surface area (Å²) in [6.45, 7) is 2.22. The van der Waals surface area contributed by atoms with E-state index in [1.54, 1.807) is 36.2 Å². The molecule has 2 heterocycles. The molecule has 1 aromatic carbocycles. The zero-order valence-corrected chi connectivity index (χ0v) is 17.7. The molecule has 1 fully saturated rings. The highest BCUT2D eigenvalue weighted by Gasteiger charge is 2.34. The van der Waals surface area contributed by atoms with Crippen molar-refractivity contribution in [3.05, 3.63) is 65.3 Å². The Morgan fingerprint density at radius 2 is 2.06 bits per heavy atom. The molecule has 1 unspecified atom stereocenters. The summed E-state index contributed by atoms with van der Waals surface area (Å²) < 4.78 is 43.5. The highest BCUT2D eigenvalue weighted by atomic mass is 35.5. The number of hydrogen-bond donors (Lipinski definition) is 0. The van der Waals surface area contributed by atoms with E-state index < -0.39 is 24.1 Å². The van der Waals surface area contributed by atoms with Crippen LogP contribution in [0.25, 0.3) is 5.82 Å². The van der Waals surface area contributed by atoms with Crippen molar-refractivity contribution in [3.63, 3.8) is 0 Å². The number of benzene rings is 1. The molecule has 0 saturated heterocycles. The molecule has 1 atom stereocenters. The Balaban J connectivity index is 1.67. The third-order valence-corrected chi connectivity index (χ3v) is 5.26. The van der Waals surface area contributed by atoms with Crippen molar-refractivity contribution in [2.45, 2.75) is 32.2 Å². The van der Waals surface area contributed by atoms with Gasteiger partial charge in [-0.15, -0.1) is 13.2 Å². The van der Waals surface area contributed by atoms with E-state index in [-0.39, 0.29) is 10.6 Å². The highest BCUT2D eigenvalue weighted by Crippen LogP contribution is 2.34. The molecule has 0 spiro atoms. The lowest BCUT2D eigenvalue weighted by Crippen LogP contribution is -2.36. The van der Waals surface area contributed by atoms with E-state index in [0.29, 0.717) is 24.1 Å². The summed E-state index contributed by atoms with van der Waals surface area (Å²) in [7, 11) is 0. The highest BCUT2D eigenvalue weighted by molar-refractivity contribution is 6.31. The Labute approximate surface area is 186 Å². The Morgan fingerprint density at radius 1 is 1.28 bits per heavy atom. The summed E-state index contributed by atoms with van der Waals surface area (Å²) in [6, 6.07) is 8.18. The van der Waals surface area contributed by atoms with E-state index in [1.165, 1.54) is 17.1 Å². The fraction of sp³-hybridized carbons (Fsp3) is 0.333. The fourth-order valence-corrected chi connectivity index (χ4v) is 3.60. The van der Waals surface area contributed by atoms with Crippen LogP contribution >= 0.6 is 11.6 Å². The van der Waals surface area contributed by atoms with Gasteiger partial charge in [0.2, 0.25) is 0 Å². The van der Waals surface area contributed by atoms with E-state index >= 15 is 0 Å². The molecule has 2 aromatic heterocycles. The summed E-state index contributed by atoms with van der Waals surface area (Å²) in [5.41, 5.74) is -0.00634. The third kappa shape index (κ3) is 5.18. The van der Waals surface area contributed by atoms with Gasteiger partial charge >= 0.3 is 6.36 Å². The smallest absolute Gasteiger partial charge is 0.406 e. The summed E-state index contributed by atoms with van der Waals surface area (Å²) in [6.07, 6.45) is 0.0373. The van der Waals surface area contributed by atoms with Gasteiger partial charge in [0.1, 0.15) is 12.1 Å². The molecule has 0 bridgehead atoms. The van der Waals surface area contributed by atoms with Gasteiger partial charge in [-0.25, -0.2) is 9.97 Å². The first-order valence-electron chi connectivity index (χ1n) is 9.90. The van der Waals surface area contributed by atoms with E-state index in [2.05, 4.69) is 19.8 Å². The minimum absolute atomic E-state index is 0.00634. The van der Waals surface area contributed by atoms with E-state index in [0.717, 1.165) is 25.0 Å². The van der Waals surface area contributed by atoms with Gasteiger partial charge in [-0.1, -0.05) is 17.7 Å². The zero-order valence-electron chi connectivity index (χ0n) is 17.0. The van der Waals surface area contributed by atoms with Crippen molar-refractivity contribution in [1.29, 1.82) is 0 Å². The first kappa shape index (κ1) is 22.1. The lowest BCUT2D eigenvalue weighted by molar-refractivity contribution is -0.274. The Kier molecular flexibility index (Phi) is 6.05. The fourth-order valence-electron chi connectivity index (χ4n) is 3.37. The number of carbonyl (C=O) groups excluding carboxylic acids is 1. The van der Waals surface area contributed by atoms with Gasteiger partial charge in [-0.2, -0.15) is 9.78 Å². The molecule has 1 aliphatic rings. The van der Waals surface area contributed by atoms with Crippen molar-refractivity contribution in [3.8, 4) is 11.6 Å². The quantitative estimate of drug-likeness (QED) is 0.500. The molecular weight excluding hydrogens is 447 g/mol. The zero-order chi connectivity index (χ0) is 22.9. The predicted molar refractivity (Wildman–Crippen MR) is 109 cm³/mol. The number of ether oxygens (including phenoxy) is 1. The normalized spacial score (nSPS) is 14.8. The van der Waals surface area contributed by atoms with Crippen LogP contribution in [0.1, 0.15) is 42.0 Å². The number of pyridine rings is 1. The van der Waals surface area contributed by atoms with Crippen LogP contribution in [0.3, 0.4) is 0 Å². The van der Waals surface area contributed by atoms with Crippen LogP contribution in [-0.4, -0.2) is 43.5 Å². The molecule has 3 aromatic rings. The molecule has 1 aliphatic carbocycles. The SMILES string of the molecule is CC(c1ncnn1-c1ccccn1)N(CC1CC1)C(=O)c1cc(Cl)cc(OC(F)(F)F)c1. The van der Waals surface area contributed by atoms with Gasteiger partial charge in [0, 0.05) is 23.3 Å². The maximum Gasteiger partial charge on any atom is 0.573 e. The molecule has 7 nitrogen and oxygen atoms in total. The van der Waals surface area contributed by atoms with Crippen LogP contribution in [0, 0.1) is 5.92 Å². The predicted octanol–water partition coefficient (Wildman–Crippen LogP) is 4.83. The number of halogens is 4. The monoisotopic (exact) mass is 465 g/mol. The average molecular weight is 466 g/mol. The maximum absolute atomic E-state index is 13.4. The average Bonchev–Trinajstić information content (AvgIpc) is 3.42. The minimum atomic E-state index is -4.90. The number of alkyl halides is 3. The van der Waals surface area contributed by atoms with Crippen molar-refractivity contribution in [2.75, 3.05) is 6.54 Å². The van der Waals surface area contributed by atoms with Crippen molar-refractivity contribution >= 4 is 17.5 Å². The molecule has 4 rings (SSSR count). The molecule has 0 radical (unpaired) electrons. The number of amides is 1. The van der Waals surface area contributed by atoms with E-state index in [1.807, 2.05) is 0 Å². The van der Waals surface area contributed by atoms with Crippen molar-refractivity contribution in [1.82, 2.24) is 24.6 Å². The number of hydrogen-bond acceptors (Lipinski definition) is 5. The van der Waals surface area contributed by atoms with Crippen LogP contribution in [0.5, 0.6) is 5.75 Å². The third-order valence-electron chi connectivity index (χ3n) is 5.05. The van der Waals surface area contributed by atoms with E-state index in [9.17, 15) is 18.0 Å². The Hall–Kier alpha value is -3.14. The van der Waals surface area contributed by atoms with Crippen LogP contribution in [0.15, 0.2) is 48.9 Å². The van der Waals surface area contributed by atoms with Gasteiger partial charge < -0.3 is 9.64 Å². The van der Waals surface area contributed by atoms with E-state index in [4.69, 9.17) is 11.6 Å². The lowest BCUT2D eigenvalue weighted by Gasteiger charge is -2.29.